The monoisotopic (exact) mass is 316 g/mol. The van der Waals surface area contributed by atoms with Gasteiger partial charge in [0.15, 0.2) is 0 Å². The Balaban J connectivity index is 1.51. The number of amides is 1. The maximum absolute atomic E-state index is 12.0. The van der Waals surface area contributed by atoms with Crippen molar-refractivity contribution in [3.63, 3.8) is 0 Å². The molecule has 3 aromatic carbocycles. The predicted octanol–water partition coefficient (Wildman–Crippen LogP) is 5.00. The first-order valence-electron chi connectivity index (χ1n) is 8.05. The van der Waals surface area contributed by atoms with E-state index in [1.165, 1.54) is 5.56 Å². The number of rotatable bonds is 6. The van der Waals surface area contributed by atoms with Crippen LogP contribution < -0.4 is 10.6 Å². The molecular formula is C21H20N2O. The highest BCUT2D eigenvalue weighted by molar-refractivity contribution is 5.91. The van der Waals surface area contributed by atoms with Crippen LogP contribution in [0.1, 0.15) is 12.0 Å². The van der Waals surface area contributed by atoms with Crippen LogP contribution in [0, 0.1) is 0 Å². The summed E-state index contributed by atoms with van der Waals surface area (Å²) in [5.41, 5.74) is 4.02. The molecule has 0 fully saturated rings. The van der Waals surface area contributed by atoms with E-state index in [0.717, 1.165) is 23.5 Å². The summed E-state index contributed by atoms with van der Waals surface area (Å²) in [5, 5.41) is 6.25. The van der Waals surface area contributed by atoms with E-state index in [2.05, 4.69) is 10.6 Å². The molecule has 0 unspecified atom stereocenters. The van der Waals surface area contributed by atoms with Crippen molar-refractivity contribution < 1.29 is 4.79 Å². The normalized spacial score (nSPS) is 10.2. The Morgan fingerprint density at radius 1 is 0.667 bits per heavy atom. The summed E-state index contributed by atoms with van der Waals surface area (Å²) in [6.45, 7) is 0. The minimum Gasteiger partial charge on any atom is -0.356 e. The number of hydrogen-bond donors (Lipinski definition) is 2. The molecule has 0 spiro atoms. The molecule has 0 saturated heterocycles. The van der Waals surface area contributed by atoms with Crippen LogP contribution in [0.3, 0.4) is 0 Å². The second-order valence-electron chi connectivity index (χ2n) is 5.60. The maximum atomic E-state index is 12.0. The van der Waals surface area contributed by atoms with Crippen molar-refractivity contribution in [1.29, 1.82) is 0 Å². The third-order valence-electron chi connectivity index (χ3n) is 3.71. The lowest BCUT2D eigenvalue weighted by molar-refractivity contribution is -0.116. The van der Waals surface area contributed by atoms with Crippen LogP contribution in [0.4, 0.5) is 17.1 Å². The van der Waals surface area contributed by atoms with Crippen molar-refractivity contribution >= 4 is 23.0 Å². The molecule has 0 aliphatic rings. The highest BCUT2D eigenvalue weighted by Gasteiger charge is 2.03. The van der Waals surface area contributed by atoms with Crippen LogP contribution in [0.25, 0.3) is 0 Å². The minimum absolute atomic E-state index is 0.0302. The van der Waals surface area contributed by atoms with Crippen LogP contribution in [0.15, 0.2) is 84.9 Å². The summed E-state index contributed by atoms with van der Waals surface area (Å²) in [6, 6.07) is 27.8. The molecule has 0 aromatic heterocycles. The van der Waals surface area contributed by atoms with Crippen molar-refractivity contribution in [3.05, 3.63) is 90.5 Å². The van der Waals surface area contributed by atoms with Gasteiger partial charge in [-0.15, -0.1) is 0 Å². The van der Waals surface area contributed by atoms with Gasteiger partial charge in [0.25, 0.3) is 0 Å². The van der Waals surface area contributed by atoms with Gasteiger partial charge in [-0.2, -0.15) is 0 Å². The lowest BCUT2D eigenvalue weighted by Gasteiger charge is -2.09. The fourth-order valence-electron chi connectivity index (χ4n) is 2.45. The molecule has 0 aliphatic carbocycles. The van der Waals surface area contributed by atoms with Crippen molar-refractivity contribution in [2.24, 2.45) is 0 Å². The van der Waals surface area contributed by atoms with E-state index in [1.54, 1.807) is 0 Å². The van der Waals surface area contributed by atoms with Crippen LogP contribution in [0.2, 0.25) is 0 Å². The Labute approximate surface area is 142 Å². The Bertz CT molecular complexity index is 768. The highest BCUT2D eigenvalue weighted by Crippen LogP contribution is 2.18. The molecule has 3 heteroatoms. The lowest BCUT2D eigenvalue weighted by atomic mass is 10.1. The molecule has 120 valence electrons. The maximum Gasteiger partial charge on any atom is 0.224 e. The van der Waals surface area contributed by atoms with Gasteiger partial charge in [0.2, 0.25) is 5.91 Å². The van der Waals surface area contributed by atoms with E-state index < -0.39 is 0 Å². The SMILES string of the molecule is O=C(CCc1ccccc1)Nc1ccc(Nc2ccccc2)cc1. The predicted molar refractivity (Wildman–Crippen MR) is 99.6 cm³/mol. The topological polar surface area (TPSA) is 41.1 Å². The van der Waals surface area contributed by atoms with E-state index in [0.29, 0.717) is 6.42 Å². The first-order chi connectivity index (χ1) is 11.8. The Morgan fingerprint density at radius 3 is 1.88 bits per heavy atom. The minimum atomic E-state index is 0.0302. The van der Waals surface area contributed by atoms with Gasteiger partial charge in [-0.3, -0.25) is 4.79 Å². The van der Waals surface area contributed by atoms with Gasteiger partial charge < -0.3 is 10.6 Å². The number of aryl methyl sites for hydroxylation is 1. The first-order valence-corrected chi connectivity index (χ1v) is 8.05. The van der Waals surface area contributed by atoms with Gasteiger partial charge in [0, 0.05) is 23.5 Å². The molecule has 0 atom stereocenters. The third kappa shape index (κ3) is 4.71. The van der Waals surface area contributed by atoms with Crippen molar-refractivity contribution in [1.82, 2.24) is 0 Å². The average molecular weight is 316 g/mol. The summed E-state index contributed by atoms with van der Waals surface area (Å²) in [6.07, 6.45) is 1.23. The zero-order chi connectivity index (χ0) is 16.6. The van der Waals surface area contributed by atoms with Gasteiger partial charge in [-0.1, -0.05) is 48.5 Å². The molecule has 0 aliphatic heterocycles. The number of anilines is 3. The summed E-state index contributed by atoms with van der Waals surface area (Å²) >= 11 is 0. The quantitative estimate of drug-likeness (QED) is 0.672. The summed E-state index contributed by atoms with van der Waals surface area (Å²) in [4.78, 5) is 12.0. The molecule has 2 N–H and O–H groups in total. The van der Waals surface area contributed by atoms with Gasteiger partial charge in [-0.05, 0) is 48.4 Å². The summed E-state index contributed by atoms with van der Waals surface area (Å²) in [5.74, 6) is 0.0302. The van der Waals surface area contributed by atoms with Gasteiger partial charge in [-0.25, -0.2) is 0 Å². The molecule has 3 nitrogen and oxygen atoms in total. The zero-order valence-electron chi connectivity index (χ0n) is 13.4. The Morgan fingerprint density at radius 2 is 1.21 bits per heavy atom. The van der Waals surface area contributed by atoms with Crippen LogP contribution in [0.5, 0.6) is 0 Å². The molecule has 3 aromatic rings. The van der Waals surface area contributed by atoms with Crippen molar-refractivity contribution in [2.45, 2.75) is 12.8 Å². The number of benzene rings is 3. The van der Waals surface area contributed by atoms with E-state index >= 15 is 0 Å². The molecule has 0 radical (unpaired) electrons. The van der Waals surface area contributed by atoms with E-state index in [1.807, 2.05) is 84.9 Å². The average Bonchev–Trinajstić information content (AvgIpc) is 2.63. The first kappa shape index (κ1) is 15.8. The van der Waals surface area contributed by atoms with Gasteiger partial charge in [0.05, 0.1) is 0 Å². The van der Waals surface area contributed by atoms with E-state index in [4.69, 9.17) is 0 Å². The third-order valence-corrected chi connectivity index (χ3v) is 3.71. The van der Waals surface area contributed by atoms with E-state index in [9.17, 15) is 4.79 Å². The number of hydrogen-bond acceptors (Lipinski definition) is 2. The standard InChI is InChI=1S/C21H20N2O/c24-21(16-11-17-7-3-1-4-8-17)23-20-14-12-19(13-15-20)22-18-9-5-2-6-10-18/h1-10,12-15,22H,11,16H2,(H,23,24). The highest BCUT2D eigenvalue weighted by atomic mass is 16.1. The summed E-state index contributed by atoms with van der Waals surface area (Å²) in [7, 11) is 0. The molecule has 3 rings (SSSR count). The molecule has 1 amide bonds. The number of nitrogens with one attached hydrogen (secondary N) is 2. The second-order valence-corrected chi connectivity index (χ2v) is 5.60. The van der Waals surface area contributed by atoms with E-state index in [-0.39, 0.29) is 5.91 Å². The van der Waals surface area contributed by atoms with Crippen LogP contribution in [-0.2, 0) is 11.2 Å². The molecule has 24 heavy (non-hydrogen) atoms. The number of carbonyl (C=O) groups is 1. The fraction of sp³-hybridized carbons (Fsp3) is 0.0952. The largest absolute Gasteiger partial charge is 0.356 e. The molecular weight excluding hydrogens is 296 g/mol. The second kappa shape index (κ2) is 7.97. The van der Waals surface area contributed by atoms with Crippen molar-refractivity contribution in [3.8, 4) is 0 Å². The Hall–Kier alpha value is -3.07. The van der Waals surface area contributed by atoms with Crippen LogP contribution in [-0.4, -0.2) is 5.91 Å². The van der Waals surface area contributed by atoms with Gasteiger partial charge in [0.1, 0.15) is 0 Å². The van der Waals surface area contributed by atoms with Crippen LogP contribution >= 0.6 is 0 Å². The van der Waals surface area contributed by atoms with Gasteiger partial charge >= 0.3 is 0 Å². The molecule has 0 bridgehead atoms. The molecule has 0 heterocycles. The smallest absolute Gasteiger partial charge is 0.224 e. The zero-order valence-corrected chi connectivity index (χ0v) is 13.4. The molecule has 0 saturated carbocycles. The number of carbonyl (C=O) groups excluding carboxylic acids is 1. The number of para-hydroxylation sites is 1. The van der Waals surface area contributed by atoms with Crippen molar-refractivity contribution in [2.75, 3.05) is 10.6 Å². The lowest BCUT2D eigenvalue weighted by Crippen LogP contribution is -2.12. The fourth-order valence-corrected chi connectivity index (χ4v) is 2.45. The summed E-state index contributed by atoms with van der Waals surface area (Å²) < 4.78 is 0. The Kier molecular flexibility index (Phi) is 5.25.